The summed E-state index contributed by atoms with van der Waals surface area (Å²) in [6.07, 6.45) is 0.876. The van der Waals surface area contributed by atoms with Gasteiger partial charge in [0, 0.05) is 21.9 Å². The summed E-state index contributed by atoms with van der Waals surface area (Å²) in [5.74, 6) is 1.36. The summed E-state index contributed by atoms with van der Waals surface area (Å²) >= 11 is 0. The van der Waals surface area contributed by atoms with Crippen LogP contribution in [0.3, 0.4) is 0 Å². The number of carbonyl (C=O) groups is 2. The standard InChI is InChI=1S/C26H28O6/c1-24(2)25(22(27)31-5)18-14-11-15(19(18)26(24,25)23(28)32-6)17-16(14)20(29-3)12-9-7-8-10-13(12)21(17)30-4/h7-10,14-15,18-19H,11H2,1-6H3/t14-,15+,18?,19?,25+,26-. The molecule has 6 atom stereocenters. The molecule has 0 amide bonds. The lowest BCUT2D eigenvalue weighted by Gasteiger charge is -2.51. The van der Waals surface area contributed by atoms with Gasteiger partial charge in [-0.1, -0.05) is 38.1 Å². The Balaban J connectivity index is 1.65. The summed E-state index contributed by atoms with van der Waals surface area (Å²) in [7, 11) is 6.24. The molecule has 2 bridgehead atoms. The molecule has 4 aliphatic carbocycles. The van der Waals surface area contributed by atoms with Crippen LogP contribution < -0.4 is 9.47 Å². The highest BCUT2D eigenvalue weighted by Gasteiger charge is 3.05. The summed E-state index contributed by atoms with van der Waals surface area (Å²) in [6, 6.07) is 8.10. The van der Waals surface area contributed by atoms with Gasteiger partial charge < -0.3 is 18.9 Å². The van der Waals surface area contributed by atoms with Gasteiger partial charge >= 0.3 is 11.9 Å². The van der Waals surface area contributed by atoms with Crippen molar-refractivity contribution in [3.8, 4) is 11.5 Å². The quantitative estimate of drug-likeness (QED) is 0.532. The second-order valence-corrected chi connectivity index (χ2v) is 10.2. The molecule has 32 heavy (non-hydrogen) atoms. The zero-order chi connectivity index (χ0) is 22.8. The molecule has 0 N–H and O–H groups in total. The monoisotopic (exact) mass is 436 g/mol. The molecule has 0 aliphatic heterocycles. The number of ether oxygens (including phenoxy) is 4. The van der Waals surface area contributed by atoms with Gasteiger partial charge in [-0.05, 0) is 35.5 Å². The SMILES string of the molecule is COC(=O)[C@@]12C3C([C@@H]4C[C@H]3c3c4c(OC)c4ccccc4c3OC)[C@]1(C(=O)OC)C2(C)C. The maximum atomic E-state index is 13.3. The zero-order valence-electron chi connectivity index (χ0n) is 19.3. The van der Waals surface area contributed by atoms with Gasteiger partial charge in [-0.2, -0.15) is 0 Å². The van der Waals surface area contributed by atoms with Gasteiger partial charge in [0.25, 0.3) is 0 Å². The number of hydrogen-bond acceptors (Lipinski definition) is 6. The molecule has 2 unspecified atom stereocenters. The molecule has 0 spiro atoms. The molecule has 2 aromatic rings. The van der Waals surface area contributed by atoms with E-state index in [1.54, 1.807) is 14.2 Å². The van der Waals surface area contributed by atoms with Crippen LogP contribution in [-0.2, 0) is 19.1 Å². The molecule has 168 valence electrons. The van der Waals surface area contributed by atoms with E-state index in [2.05, 4.69) is 12.1 Å². The molecule has 0 radical (unpaired) electrons. The fourth-order valence-electron chi connectivity index (χ4n) is 9.03. The zero-order valence-corrected chi connectivity index (χ0v) is 19.3. The van der Waals surface area contributed by atoms with Gasteiger partial charge in [0.05, 0.1) is 39.3 Å². The molecule has 6 rings (SSSR count). The number of benzene rings is 2. The predicted octanol–water partition coefficient (Wildman–Crippen LogP) is 4.05. The van der Waals surface area contributed by atoms with Crippen LogP contribution in [0.4, 0.5) is 0 Å². The summed E-state index contributed by atoms with van der Waals surface area (Å²) in [5.41, 5.74) is -0.00690. The number of rotatable bonds is 4. The average Bonchev–Trinajstić information content (AvgIpc) is 3.09. The largest absolute Gasteiger partial charge is 0.496 e. The first-order valence-electron chi connectivity index (χ1n) is 11.2. The van der Waals surface area contributed by atoms with Crippen molar-refractivity contribution < 1.29 is 28.5 Å². The molecule has 6 heteroatoms. The van der Waals surface area contributed by atoms with Crippen LogP contribution >= 0.6 is 0 Å². The third kappa shape index (κ3) is 1.57. The summed E-state index contributed by atoms with van der Waals surface area (Å²) in [4.78, 5) is 26.7. The smallest absolute Gasteiger partial charge is 0.313 e. The highest BCUT2D eigenvalue weighted by Crippen LogP contribution is 3.00. The maximum absolute atomic E-state index is 13.3. The van der Waals surface area contributed by atoms with Gasteiger partial charge in [0.2, 0.25) is 0 Å². The van der Waals surface area contributed by atoms with E-state index in [1.165, 1.54) is 14.2 Å². The highest BCUT2D eigenvalue weighted by molar-refractivity contribution is 6.03. The minimum absolute atomic E-state index is 0.0151. The lowest BCUT2D eigenvalue weighted by molar-refractivity contribution is -0.178. The molecular formula is C26H28O6. The summed E-state index contributed by atoms with van der Waals surface area (Å²) in [5, 5.41) is 2.02. The van der Waals surface area contributed by atoms with Crippen LogP contribution in [0.25, 0.3) is 10.8 Å². The van der Waals surface area contributed by atoms with Gasteiger partial charge in [0.15, 0.2) is 0 Å². The van der Waals surface area contributed by atoms with E-state index in [1.807, 2.05) is 26.0 Å². The van der Waals surface area contributed by atoms with Crippen LogP contribution in [0.1, 0.15) is 43.2 Å². The van der Waals surface area contributed by atoms with Crippen molar-refractivity contribution in [2.24, 2.45) is 28.1 Å². The minimum Gasteiger partial charge on any atom is -0.496 e. The number of carbonyl (C=O) groups excluding carboxylic acids is 2. The Labute approximate surface area is 187 Å². The summed E-state index contributed by atoms with van der Waals surface area (Å²) in [6.45, 7) is 4.04. The Kier molecular flexibility index (Phi) is 3.59. The average molecular weight is 437 g/mol. The van der Waals surface area contributed by atoms with Gasteiger partial charge in [0.1, 0.15) is 11.5 Å². The fraction of sp³-hybridized carbons (Fsp3) is 0.538. The van der Waals surface area contributed by atoms with Crippen molar-refractivity contribution in [2.75, 3.05) is 28.4 Å². The Bertz CT molecular complexity index is 1120. The van der Waals surface area contributed by atoms with Crippen molar-refractivity contribution in [1.29, 1.82) is 0 Å². The number of fused-ring (bicyclic) bond motifs is 12. The van der Waals surface area contributed by atoms with Gasteiger partial charge in [-0.25, -0.2) is 0 Å². The second-order valence-electron chi connectivity index (χ2n) is 10.2. The van der Waals surface area contributed by atoms with Crippen molar-refractivity contribution in [3.05, 3.63) is 35.4 Å². The van der Waals surface area contributed by atoms with E-state index < -0.39 is 16.2 Å². The first-order valence-corrected chi connectivity index (χ1v) is 11.2. The number of esters is 2. The van der Waals surface area contributed by atoms with E-state index >= 15 is 0 Å². The van der Waals surface area contributed by atoms with Crippen molar-refractivity contribution >= 4 is 22.7 Å². The Hall–Kier alpha value is -2.76. The maximum Gasteiger partial charge on any atom is 0.313 e. The molecule has 3 fully saturated rings. The first kappa shape index (κ1) is 19.9. The molecule has 6 nitrogen and oxygen atoms in total. The lowest BCUT2D eigenvalue weighted by Crippen LogP contribution is -2.56. The molecule has 2 aromatic carbocycles. The molecule has 4 aliphatic rings. The van der Waals surface area contributed by atoms with Crippen LogP contribution in [-0.4, -0.2) is 40.4 Å². The fourth-order valence-corrected chi connectivity index (χ4v) is 9.03. The third-order valence-electron chi connectivity index (χ3n) is 9.65. The van der Waals surface area contributed by atoms with Crippen molar-refractivity contribution in [2.45, 2.75) is 32.1 Å². The third-order valence-corrected chi connectivity index (χ3v) is 9.65. The first-order chi connectivity index (χ1) is 15.3. The van der Waals surface area contributed by atoms with E-state index in [-0.39, 0.29) is 35.6 Å². The topological polar surface area (TPSA) is 71.1 Å². The molecular weight excluding hydrogens is 408 g/mol. The molecule has 3 saturated carbocycles. The van der Waals surface area contributed by atoms with E-state index in [9.17, 15) is 9.59 Å². The van der Waals surface area contributed by atoms with Crippen LogP contribution in [0.2, 0.25) is 0 Å². The van der Waals surface area contributed by atoms with Crippen LogP contribution in [0.5, 0.6) is 11.5 Å². The second kappa shape index (κ2) is 5.77. The molecule has 0 heterocycles. The predicted molar refractivity (Wildman–Crippen MR) is 117 cm³/mol. The molecule has 0 saturated heterocycles. The van der Waals surface area contributed by atoms with Crippen LogP contribution in [0.15, 0.2) is 24.3 Å². The van der Waals surface area contributed by atoms with E-state index in [0.29, 0.717) is 0 Å². The normalized spacial score (nSPS) is 36.4. The Morgan fingerprint density at radius 3 is 1.53 bits per heavy atom. The van der Waals surface area contributed by atoms with Gasteiger partial charge in [-0.3, -0.25) is 9.59 Å². The van der Waals surface area contributed by atoms with Crippen molar-refractivity contribution in [3.63, 3.8) is 0 Å². The highest BCUT2D eigenvalue weighted by atomic mass is 16.5. The van der Waals surface area contributed by atoms with Crippen LogP contribution in [0, 0.1) is 28.1 Å². The van der Waals surface area contributed by atoms with Crippen molar-refractivity contribution in [1.82, 2.24) is 0 Å². The van der Waals surface area contributed by atoms with E-state index in [0.717, 1.165) is 39.8 Å². The molecule has 0 aromatic heterocycles. The Morgan fingerprint density at radius 1 is 0.781 bits per heavy atom. The number of methoxy groups -OCH3 is 4. The minimum atomic E-state index is -0.868. The lowest BCUT2D eigenvalue weighted by atomic mass is 9.51. The summed E-state index contributed by atoms with van der Waals surface area (Å²) < 4.78 is 22.6. The van der Waals surface area contributed by atoms with Gasteiger partial charge in [-0.15, -0.1) is 0 Å². The number of hydrogen-bond donors (Lipinski definition) is 0. The van der Waals surface area contributed by atoms with E-state index in [4.69, 9.17) is 18.9 Å². The Morgan fingerprint density at radius 2 is 1.19 bits per heavy atom.